The molecule has 0 amide bonds. The minimum Gasteiger partial charge on any atom is -0.478 e. The number of fused-ring (bicyclic) bond motifs is 1. The largest absolute Gasteiger partial charge is 0.478 e. The second-order valence-corrected chi connectivity index (χ2v) is 11.7. The van der Waals surface area contributed by atoms with Crippen molar-refractivity contribution in [1.82, 2.24) is 19.5 Å². The molecular weight excluding hydrogens is 578 g/mol. The Morgan fingerprint density at radius 3 is 2.00 bits per heavy atom. The van der Waals surface area contributed by atoms with Crippen LogP contribution in [0.1, 0.15) is 11.1 Å². The van der Waals surface area contributed by atoms with Crippen LogP contribution in [0.15, 0.2) is 67.0 Å². The summed E-state index contributed by atoms with van der Waals surface area (Å²) in [6.45, 7) is 1.22. The fourth-order valence-corrected chi connectivity index (χ4v) is 5.46. The molecule has 38 heavy (non-hydrogen) atoms. The molecule has 4 aromatic rings. The molecule has 7 nitrogen and oxygen atoms in total. The number of hydrogen-bond donors (Lipinski definition) is 1. The van der Waals surface area contributed by atoms with Crippen molar-refractivity contribution < 1.29 is 9.47 Å². The summed E-state index contributed by atoms with van der Waals surface area (Å²) in [4.78, 5) is 13.1. The van der Waals surface area contributed by atoms with E-state index in [-0.39, 0.29) is 11.2 Å². The summed E-state index contributed by atoms with van der Waals surface area (Å²) in [5, 5.41) is 3.16. The summed E-state index contributed by atoms with van der Waals surface area (Å²) in [6, 6.07) is 20.3. The number of nitrogens with zero attached hydrogens (tertiary/aromatic N) is 4. The molecule has 2 heterocycles. The first-order valence-electron chi connectivity index (χ1n) is 11.7. The lowest BCUT2D eigenvalue weighted by atomic mass is 10.2. The van der Waals surface area contributed by atoms with Gasteiger partial charge in [0, 0.05) is 31.0 Å². The molecule has 0 aliphatic rings. The van der Waals surface area contributed by atoms with Gasteiger partial charge >= 0.3 is 0 Å². The summed E-state index contributed by atoms with van der Waals surface area (Å²) < 4.78 is 14.8. The van der Waals surface area contributed by atoms with Gasteiger partial charge in [-0.25, -0.2) is 4.98 Å². The van der Waals surface area contributed by atoms with E-state index in [1.807, 2.05) is 41.0 Å². The van der Waals surface area contributed by atoms with E-state index in [4.69, 9.17) is 45.5 Å². The van der Waals surface area contributed by atoms with Crippen LogP contribution in [0, 0.1) is 5.92 Å². The van der Waals surface area contributed by atoms with Gasteiger partial charge in [-0.2, -0.15) is 9.97 Å². The molecule has 4 rings (SSSR count). The van der Waals surface area contributed by atoms with E-state index < -0.39 is 0 Å². The predicted molar refractivity (Wildman–Crippen MR) is 166 cm³/mol. The van der Waals surface area contributed by atoms with Crippen LogP contribution >= 0.6 is 59.6 Å². The van der Waals surface area contributed by atoms with Crippen LogP contribution in [0.4, 0.5) is 5.82 Å². The van der Waals surface area contributed by atoms with Gasteiger partial charge in [-0.1, -0.05) is 84.2 Å². The van der Waals surface area contributed by atoms with Gasteiger partial charge in [-0.15, -0.1) is 0 Å². The maximum Gasteiger partial charge on any atom is 0.226 e. The average Bonchev–Trinajstić information content (AvgIpc) is 3.34. The highest BCUT2D eigenvalue weighted by Crippen LogP contribution is 2.23. The van der Waals surface area contributed by atoms with Crippen LogP contribution < -0.4 is 5.32 Å². The zero-order valence-corrected chi connectivity index (χ0v) is 24.6. The Morgan fingerprint density at radius 1 is 0.921 bits per heavy atom. The number of aromatic nitrogens is 4. The first kappa shape index (κ1) is 28.6. The molecule has 0 unspecified atom stereocenters. The zero-order chi connectivity index (χ0) is 26.7. The second kappa shape index (κ2) is 14.6. The fraction of sp³-hybridized carbons (Fsp3) is 0.269. The lowest BCUT2D eigenvalue weighted by Gasteiger charge is -2.19. The van der Waals surface area contributed by atoms with Crippen LogP contribution in [-0.4, -0.2) is 48.5 Å². The minimum atomic E-state index is -0.0790. The highest BCUT2D eigenvalue weighted by molar-refractivity contribution is 8.22. The monoisotopic (exact) mass is 603 g/mol. The number of hydrogen-bond acceptors (Lipinski definition) is 10. The number of nitrogens with one attached hydrogen (secondary N) is 1. The van der Waals surface area contributed by atoms with Crippen molar-refractivity contribution in [2.45, 2.75) is 18.1 Å². The third kappa shape index (κ3) is 8.54. The first-order valence-corrected chi connectivity index (χ1v) is 14.9. The van der Waals surface area contributed by atoms with E-state index in [1.54, 1.807) is 13.4 Å². The summed E-state index contributed by atoms with van der Waals surface area (Å²) in [7, 11) is 1.77. The van der Waals surface area contributed by atoms with Gasteiger partial charge in [-0.3, -0.25) is 0 Å². The van der Waals surface area contributed by atoms with Gasteiger partial charge in [0.05, 0.1) is 19.5 Å². The molecule has 0 spiro atoms. The van der Waals surface area contributed by atoms with Crippen LogP contribution in [0.2, 0.25) is 5.28 Å². The number of anilines is 1. The quantitative estimate of drug-likeness (QED) is 0.150. The number of thioether (sulfide) groups is 2. The Bertz CT molecular complexity index is 1300. The second-order valence-electron chi connectivity index (χ2n) is 8.20. The van der Waals surface area contributed by atoms with Crippen LogP contribution in [0.3, 0.4) is 0 Å². The topological polar surface area (TPSA) is 74.1 Å². The molecule has 1 N–H and O–H groups in total. The predicted octanol–water partition coefficient (Wildman–Crippen LogP) is 6.61. The molecule has 0 radical (unpaired) electrons. The van der Waals surface area contributed by atoms with Crippen molar-refractivity contribution in [3.8, 4) is 0 Å². The Labute approximate surface area is 246 Å². The zero-order valence-electron chi connectivity index (χ0n) is 20.6. The molecule has 0 fully saturated rings. The third-order valence-electron chi connectivity index (χ3n) is 5.40. The minimum absolute atomic E-state index is 0.0790. The van der Waals surface area contributed by atoms with Crippen LogP contribution in [0.25, 0.3) is 11.2 Å². The van der Waals surface area contributed by atoms with Crippen molar-refractivity contribution in [2.24, 2.45) is 5.92 Å². The van der Waals surface area contributed by atoms with E-state index >= 15 is 0 Å². The van der Waals surface area contributed by atoms with E-state index in [1.165, 1.54) is 34.7 Å². The first-order chi connectivity index (χ1) is 18.5. The van der Waals surface area contributed by atoms with E-state index in [0.29, 0.717) is 45.5 Å². The molecule has 2 aromatic carbocycles. The van der Waals surface area contributed by atoms with Gasteiger partial charge in [0.15, 0.2) is 17.0 Å². The molecule has 0 saturated carbocycles. The number of benzene rings is 2. The molecule has 0 aliphatic heterocycles. The molecular formula is C26H26ClN5O2S4. The van der Waals surface area contributed by atoms with E-state index in [2.05, 4.69) is 44.5 Å². The molecule has 198 valence electrons. The molecule has 2 aromatic heterocycles. The van der Waals surface area contributed by atoms with Crippen molar-refractivity contribution >= 4 is 85.3 Å². The van der Waals surface area contributed by atoms with E-state index in [9.17, 15) is 0 Å². The Morgan fingerprint density at radius 2 is 1.47 bits per heavy atom. The molecule has 0 saturated heterocycles. The highest BCUT2D eigenvalue weighted by atomic mass is 35.5. The van der Waals surface area contributed by atoms with Crippen molar-refractivity contribution in [1.29, 1.82) is 0 Å². The molecule has 0 aliphatic carbocycles. The standard InChI is InChI=1S/C26H26ClN5O2S4/c1-28-22-21-23(31-24(27)30-22)32(17-29-21)12-20(13-33-25(35)37-15-18-8-4-2-5-9-18)14-34-26(36)38-16-19-10-6-3-7-11-19/h2-11,17,20H,12-16H2,1H3,(H,28,30,31). The SMILES string of the molecule is CNc1nc(Cl)nc2c1ncn2CC(COC(=S)SCc1ccccc1)COC(=S)SCc1ccccc1. The maximum absolute atomic E-state index is 6.15. The molecule has 12 heteroatoms. The number of imidazole rings is 1. The van der Waals surface area contributed by atoms with Gasteiger partial charge in [0.1, 0.15) is 0 Å². The Hall–Kier alpha value is -2.44. The average molecular weight is 604 g/mol. The van der Waals surface area contributed by atoms with Gasteiger partial charge < -0.3 is 19.4 Å². The lowest BCUT2D eigenvalue weighted by molar-refractivity contribution is 0.161. The Kier molecular flexibility index (Phi) is 11.0. The smallest absolute Gasteiger partial charge is 0.226 e. The number of ether oxygens (including phenoxy) is 2. The summed E-state index contributed by atoms with van der Waals surface area (Å²) in [5.41, 5.74) is 3.64. The number of halogens is 1. The maximum atomic E-state index is 6.15. The summed E-state index contributed by atoms with van der Waals surface area (Å²) in [6.07, 6.45) is 1.72. The van der Waals surface area contributed by atoms with Crippen LogP contribution in [0.5, 0.6) is 0 Å². The van der Waals surface area contributed by atoms with Crippen molar-refractivity contribution in [2.75, 3.05) is 25.6 Å². The van der Waals surface area contributed by atoms with Crippen LogP contribution in [-0.2, 0) is 27.5 Å². The number of thiocarbonyl (C=S) groups is 2. The summed E-state index contributed by atoms with van der Waals surface area (Å²) >= 11 is 20.1. The molecule has 0 bridgehead atoms. The van der Waals surface area contributed by atoms with Crippen molar-refractivity contribution in [3.63, 3.8) is 0 Å². The fourth-order valence-electron chi connectivity index (χ4n) is 3.55. The third-order valence-corrected chi connectivity index (χ3v) is 8.18. The molecule has 0 atom stereocenters. The summed E-state index contributed by atoms with van der Waals surface area (Å²) in [5.74, 6) is 1.98. The van der Waals surface area contributed by atoms with E-state index in [0.717, 1.165) is 11.5 Å². The van der Waals surface area contributed by atoms with Gasteiger partial charge in [0.2, 0.25) is 14.0 Å². The lowest BCUT2D eigenvalue weighted by Crippen LogP contribution is -2.23. The van der Waals surface area contributed by atoms with Gasteiger partial charge in [-0.05, 0) is 47.2 Å². The van der Waals surface area contributed by atoms with Crippen molar-refractivity contribution in [3.05, 3.63) is 83.4 Å². The normalized spacial score (nSPS) is 11.0. The van der Waals surface area contributed by atoms with Gasteiger partial charge in [0.25, 0.3) is 0 Å². The Balaban J connectivity index is 1.39. The highest BCUT2D eigenvalue weighted by Gasteiger charge is 2.18. The number of rotatable bonds is 11.